The van der Waals surface area contributed by atoms with Crippen LogP contribution in [0.25, 0.3) is 0 Å². The van der Waals surface area contributed by atoms with Crippen LogP contribution in [-0.2, 0) is 59.4 Å². The summed E-state index contributed by atoms with van der Waals surface area (Å²) in [6.07, 6.45) is -24.1. The molecule has 0 aromatic heterocycles. The Bertz CT molecular complexity index is 4440. The van der Waals surface area contributed by atoms with Crippen molar-refractivity contribution >= 4 is 59.2 Å². The molecule has 38 heteroatoms. The number of halogens is 12. The Kier molecular flexibility index (Phi) is 36.1. The van der Waals surface area contributed by atoms with Gasteiger partial charge in [0.25, 0.3) is 0 Å². The van der Waals surface area contributed by atoms with E-state index >= 15 is 0 Å². The Morgan fingerprint density at radius 1 is 0.374 bits per heavy atom. The lowest BCUT2D eigenvalue weighted by Crippen LogP contribution is -2.56. The van der Waals surface area contributed by atoms with E-state index in [1.165, 1.54) is 71.0 Å². The molecule has 734 valence electrons. The van der Waals surface area contributed by atoms with Gasteiger partial charge in [-0.2, -0.15) is 52.7 Å². The minimum absolute atomic E-state index is 0.105. The van der Waals surface area contributed by atoms with Crippen LogP contribution in [0.3, 0.4) is 0 Å². The van der Waals surface area contributed by atoms with Gasteiger partial charge in [0, 0.05) is 169 Å². The summed E-state index contributed by atoms with van der Waals surface area (Å²) in [4.78, 5) is 95.0. The van der Waals surface area contributed by atoms with Crippen LogP contribution >= 0.6 is 0 Å². The number of nitrogens with zero attached hydrogens (tertiary/aromatic N) is 12. The van der Waals surface area contributed by atoms with Gasteiger partial charge < -0.3 is 77.8 Å². The molecular formula is C93H134F12N12O14. The van der Waals surface area contributed by atoms with Gasteiger partial charge in [-0.05, 0) is 244 Å². The van der Waals surface area contributed by atoms with E-state index in [4.69, 9.17) is 9.47 Å². The zero-order valence-electron chi connectivity index (χ0n) is 78.3. The summed E-state index contributed by atoms with van der Waals surface area (Å²) < 4.78 is 182. The number of morpholine rings is 2. The molecule has 2 N–H and O–H groups in total. The van der Waals surface area contributed by atoms with Crippen molar-refractivity contribution in [1.29, 1.82) is 0 Å². The largest absolute Gasteiger partial charge is 0.481 e. The van der Waals surface area contributed by atoms with E-state index in [9.17, 15) is 91.7 Å². The number of carboxylic acids is 1. The average Bonchev–Trinajstić information content (AvgIpc) is 1.03. The maximum atomic E-state index is 12.7. The van der Waals surface area contributed by atoms with E-state index in [-0.39, 0.29) is 55.0 Å². The molecule has 5 unspecified atom stereocenters. The number of aryl methyl sites for hydroxylation is 4. The summed E-state index contributed by atoms with van der Waals surface area (Å²) in [6.45, 7) is 33.6. The third-order valence-corrected chi connectivity index (χ3v) is 27.5. The monoisotopic (exact) mass is 1870 g/mol. The van der Waals surface area contributed by atoms with Crippen molar-refractivity contribution in [2.24, 2.45) is 5.92 Å². The number of likely N-dealkylation sites (tertiary alicyclic amines) is 4. The van der Waals surface area contributed by atoms with E-state index in [1.807, 2.05) is 52.1 Å². The van der Waals surface area contributed by atoms with Crippen LogP contribution in [0.15, 0.2) is 72.8 Å². The summed E-state index contributed by atoms with van der Waals surface area (Å²) in [7, 11) is 6.17. The number of aliphatic carboxylic acids is 1. The molecule has 131 heavy (non-hydrogen) atoms. The standard InChI is InChI=1S/C24H34F3N3O4.C23H32F3N3O5.C23H34F3N3O3.C23H34F3N3O2/c1-16-5-6-18(20(13-16)30-10-7-19(15-30)21(31)32)14-28(4)23(3)8-11-29(12-9-23)22(33)34-17(2)24(25,26)27;1-16-4-5-18(19(14-16)27-10-12-33-13-11-27)15-29(20(30)31)22(3)6-8-28(9-7-22)21(32)34-17(2)23(24,25)26;1-17-5-6-19(20(15-17)28-11-13-31-14-12-28)16-27(4)22(3)7-9-29(10-8-22)21(30)32-18(2)23(24,25)26;1-17-7-8-19(20(15-17)28-11-5-6-12-28)16-27(4)22(3)9-13-29(14-10-22)21(30)31-18(2)23(24,25)26/h5-6,13,17,19H,7-12,14-15H2,1-4H3,(H,31,32);4-5,14,17H,6-13,15H2,1-3H3,(H,30,31);5-6,15,18H,7-14,16H2,1-4H3;7-8,15,18H,5-6,9-14,16H2,1-4H3. The van der Waals surface area contributed by atoms with Crippen LogP contribution in [0.2, 0.25) is 0 Å². The van der Waals surface area contributed by atoms with Gasteiger partial charge in [-0.1, -0.05) is 48.5 Å². The van der Waals surface area contributed by atoms with Crippen molar-refractivity contribution in [3.63, 3.8) is 0 Å². The van der Waals surface area contributed by atoms with Crippen LogP contribution < -0.4 is 19.6 Å². The lowest BCUT2D eigenvalue weighted by Gasteiger charge is -2.45. The molecule has 4 aromatic carbocycles. The summed E-state index contributed by atoms with van der Waals surface area (Å²) in [5.74, 6) is -1.14. The molecule has 0 radical (unpaired) electrons. The summed E-state index contributed by atoms with van der Waals surface area (Å²) in [5.41, 5.74) is 12.3. The fraction of sp³-hybridized carbons (Fsp3) is 0.677. The lowest BCUT2D eigenvalue weighted by molar-refractivity contribution is -0.200. The van der Waals surface area contributed by atoms with E-state index in [1.54, 1.807) is 0 Å². The highest BCUT2D eigenvalue weighted by Gasteiger charge is 2.48. The topological polar surface area (TPSA) is 237 Å². The first-order valence-electron chi connectivity index (χ1n) is 45.2. The lowest BCUT2D eigenvalue weighted by atomic mass is 9.87. The van der Waals surface area contributed by atoms with E-state index < -0.39 is 91.1 Å². The molecule has 0 aliphatic carbocycles. The molecule has 8 saturated heterocycles. The summed E-state index contributed by atoms with van der Waals surface area (Å²) in [6, 6.07) is 25.3. The van der Waals surface area contributed by atoms with Crippen LogP contribution in [-0.4, -0.2) is 309 Å². The van der Waals surface area contributed by atoms with Gasteiger partial charge in [0.05, 0.1) is 38.9 Å². The van der Waals surface area contributed by atoms with Gasteiger partial charge in [0.2, 0.25) is 0 Å². The van der Waals surface area contributed by atoms with Crippen molar-refractivity contribution in [3.05, 3.63) is 117 Å². The molecule has 5 atom stereocenters. The molecule has 4 aromatic rings. The highest BCUT2D eigenvalue weighted by Crippen LogP contribution is 2.41. The Labute approximate surface area is 761 Å². The molecule has 0 spiro atoms. The number of hydrogen-bond donors (Lipinski definition) is 2. The Morgan fingerprint density at radius 2 is 0.618 bits per heavy atom. The normalized spacial score (nSPS) is 20.4. The van der Waals surface area contributed by atoms with Crippen LogP contribution in [0.4, 0.5) is 99.4 Å². The first kappa shape index (κ1) is 106. The smallest absolute Gasteiger partial charge is 0.425 e. The Balaban J connectivity index is 0.000000197. The number of ether oxygens (including phenoxy) is 6. The second-order valence-electron chi connectivity index (χ2n) is 37.3. The third-order valence-electron chi connectivity index (χ3n) is 27.5. The fourth-order valence-corrected chi connectivity index (χ4v) is 17.4. The second kappa shape index (κ2) is 44.8. The quantitative estimate of drug-likeness (QED) is 0.0582. The SMILES string of the molecule is Cc1ccc(CN(C(=O)O)C2(C)CCN(C(=O)OC(C)C(F)(F)F)CC2)c(N2CCOCC2)c1.Cc1ccc(CN(C)C2(C)CCN(C(=O)OC(C)C(F)(F)F)CC2)c(N2CCC(C(=O)O)C2)c1.Cc1ccc(CN(C)C2(C)CCN(C(=O)OC(C)C(F)(F)F)CC2)c(N2CCCC2)c1.Cc1ccc(CN(C)C2(C)CCN(C(=O)OC(C)C(F)(F)F)CC2)c(N2CCOCC2)c1. The molecular weight excluding hydrogens is 1740 g/mol. The van der Waals surface area contributed by atoms with Gasteiger partial charge in [-0.15, -0.1) is 0 Å². The zero-order chi connectivity index (χ0) is 96.7. The molecule has 8 aliphatic heterocycles. The zero-order valence-corrected chi connectivity index (χ0v) is 78.3. The number of anilines is 4. The molecule has 8 aliphatic rings. The number of alkyl halides is 12. The Hall–Kier alpha value is -9.14. The van der Waals surface area contributed by atoms with Crippen LogP contribution in [0, 0.1) is 33.6 Å². The number of amides is 5. The highest BCUT2D eigenvalue weighted by molar-refractivity contribution is 5.73. The molecule has 8 fully saturated rings. The fourth-order valence-electron chi connectivity index (χ4n) is 17.4. The minimum Gasteiger partial charge on any atom is -0.481 e. The van der Waals surface area contributed by atoms with Crippen molar-refractivity contribution in [3.8, 4) is 0 Å². The minimum atomic E-state index is -4.63. The van der Waals surface area contributed by atoms with Crippen molar-refractivity contribution < 1.29 is 120 Å². The number of carbonyl (C=O) groups is 6. The van der Waals surface area contributed by atoms with E-state index in [2.05, 4.69) is 150 Å². The molecule has 0 saturated carbocycles. The maximum absolute atomic E-state index is 12.7. The molecule has 26 nitrogen and oxygen atoms in total. The highest BCUT2D eigenvalue weighted by atomic mass is 19.4. The van der Waals surface area contributed by atoms with Gasteiger partial charge >= 0.3 is 61.1 Å². The number of rotatable bonds is 21. The number of piperidine rings is 4. The molecule has 5 amide bonds. The molecule has 12 rings (SSSR count). The first-order chi connectivity index (χ1) is 61.2. The van der Waals surface area contributed by atoms with Crippen molar-refractivity contribution in [2.45, 2.75) is 251 Å². The van der Waals surface area contributed by atoms with E-state index in [0.29, 0.717) is 130 Å². The second-order valence-corrected chi connectivity index (χ2v) is 37.3. The molecule has 8 heterocycles. The number of benzene rings is 4. The predicted octanol–water partition coefficient (Wildman–Crippen LogP) is 17.7. The van der Waals surface area contributed by atoms with Gasteiger partial charge in [0.1, 0.15) is 0 Å². The number of carboxylic acid groups (broad SMARTS) is 2. The van der Waals surface area contributed by atoms with Gasteiger partial charge in [-0.25, -0.2) is 24.0 Å². The summed E-state index contributed by atoms with van der Waals surface area (Å²) in [5, 5.41) is 19.4. The van der Waals surface area contributed by atoms with Crippen LogP contribution in [0.5, 0.6) is 0 Å². The maximum Gasteiger partial charge on any atom is 0.425 e. The first-order valence-corrected chi connectivity index (χ1v) is 45.2. The van der Waals surface area contributed by atoms with E-state index in [0.717, 1.165) is 114 Å². The van der Waals surface area contributed by atoms with Gasteiger partial charge in [0.15, 0.2) is 24.4 Å². The van der Waals surface area contributed by atoms with Crippen LogP contribution in [0.1, 0.15) is 171 Å². The summed E-state index contributed by atoms with van der Waals surface area (Å²) >= 11 is 0. The van der Waals surface area contributed by atoms with Crippen molar-refractivity contribution in [1.82, 2.24) is 39.2 Å². The third kappa shape index (κ3) is 28.9. The Morgan fingerprint density at radius 3 is 0.863 bits per heavy atom. The number of carbonyl (C=O) groups excluding carboxylic acids is 4. The average molecular weight is 1870 g/mol. The molecule has 0 bridgehead atoms. The number of hydrogen-bond acceptors (Lipinski definition) is 19. The predicted molar refractivity (Wildman–Crippen MR) is 473 cm³/mol. The van der Waals surface area contributed by atoms with Crippen molar-refractivity contribution in [2.75, 3.05) is 172 Å². The van der Waals surface area contributed by atoms with Gasteiger partial charge in [-0.3, -0.25) is 24.4 Å².